The summed E-state index contributed by atoms with van der Waals surface area (Å²) in [7, 11) is -3.84. The molecule has 1 heterocycles. The average Bonchev–Trinajstić information content (AvgIpc) is 2.64. The number of piperidine rings is 1. The van der Waals surface area contributed by atoms with Crippen LogP contribution in [0, 0.1) is 17.6 Å². The highest BCUT2D eigenvalue weighted by Crippen LogP contribution is 2.26. The van der Waals surface area contributed by atoms with Gasteiger partial charge < -0.3 is 5.32 Å². The number of halogens is 3. The van der Waals surface area contributed by atoms with Crippen molar-refractivity contribution in [2.24, 2.45) is 5.92 Å². The fraction of sp³-hybridized carbons (Fsp3) is 0.316. The summed E-state index contributed by atoms with van der Waals surface area (Å²) in [4.78, 5) is 12.3. The smallest absolute Gasteiger partial charge is 0.258 e. The summed E-state index contributed by atoms with van der Waals surface area (Å²) in [5, 5.41) is 2.28. The van der Waals surface area contributed by atoms with E-state index in [1.165, 1.54) is 16.4 Å². The first-order chi connectivity index (χ1) is 13.2. The van der Waals surface area contributed by atoms with Crippen LogP contribution in [0.15, 0.2) is 45.8 Å². The summed E-state index contributed by atoms with van der Waals surface area (Å²) < 4.78 is 55.6. The van der Waals surface area contributed by atoms with Gasteiger partial charge in [-0.1, -0.05) is 22.9 Å². The predicted octanol–water partition coefficient (Wildman–Crippen LogP) is 4.40. The number of anilines is 1. The first-order valence-electron chi connectivity index (χ1n) is 8.74. The molecule has 28 heavy (non-hydrogen) atoms. The number of amides is 1. The SMILES string of the molecule is CC1CCN(S(=O)(=O)c2ccc(F)c(C(=O)Nc3ccc(Br)cc3F)c2)CC1. The lowest BCUT2D eigenvalue weighted by atomic mass is 10.0. The molecule has 9 heteroatoms. The number of nitrogens with one attached hydrogen (secondary N) is 1. The highest BCUT2D eigenvalue weighted by atomic mass is 79.9. The second-order valence-electron chi connectivity index (χ2n) is 6.81. The summed E-state index contributed by atoms with van der Waals surface area (Å²) in [6.45, 7) is 2.82. The summed E-state index contributed by atoms with van der Waals surface area (Å²) in [6, 6.07) is 7.07. The van der Waals surface area contributed by atoms with Crippen LogP contribution in [0.2, 0.25) is 0 Å². The standard InChI is InChI=1S/C19H19BrF2N2O3S/c1-12-6-8-24(9-7-12)28(26,27)14-3-4-16(21)15(11-14)19(25)23-18-5-2-13(20)10-17(18)22/h2-5,10-12H,6-9H2,1H3,(H,23,25). The van der Waals surface area contributed by atoms with Crippen LogP contribution < -0.4 is 5.32 Å². The molecular formula is C19H19BrF2N2O3S. The molecule has 0 unspecified atom stereocenters. The molecule has 0 saturated carbocycles. The van der Waals surface area contributed by atoms with E-state index >= 15 is 0 Å². The van der Waals surface area contributed by atoms with Gasteiger partial charge in [-0.25, -0.2) is 17.2 Å². The van der Waals surface area contributed by atoms with E-state index in [0.717, 1.165) is 37.1 Å². The molecular weight excluding hydrogens is 454 g/mol. The normalized spacial score (nSPS) is 16.1. The maximum Gasteiger partial charge on any atom is 0.258 e. The number of benzene rings is 2. The third-order valence-corrected chi connectivity index (χ3v) is 7.13. The Morgan fingerprint density at radius 3 is 2.43 bits per heavy atom. The maximum atomic E-state index is 14.2. The molecule has 2 aromatic rings. The van der Waals surface area contributed by atoms with Gasteiger partial charge in [0.25, 0.3) is 5.91 Å². The Morgan fingerprint density at radius 2 is 1.79 bits per heavy atom. The molecule has 0 atom stereocenters. The van der Waals surface area contributed by atoms with E-state index in [9.17, 15) is 22.0 Å². The van der Waals surface area contributed by atoms with Gasteiger partial charge in [0.1, 0.15) is 11.6 Å². The van der Waals surface area contributed by atoms with Crippen LogP contribution in [0.4, 0.5) is 14.5 Å². The van der Waals surface area contributed by atoms with Gasteiger partial charge in [0, 0.05) is 17.6 Å². The van der Waals surface area contributed by atoms with E-state index in [-0.39, 0.29) is 10.6 Å². The quantitative estimate of drug-likeness (QED) is 0.716. The highest BCUT2D eigenvalue weighted by Gasteiger charge is 2.29. The van der Waals surface area contributed by atoms with Gasteiger partial charge in [0.15, 0.2) is 0 Å². The van der Waals surface area contributed by atoms with E-state index in [1.807, 2.05) is 0 Å². The first-order valence-corrected chi connectivity index (χ1v) is 11.0. The van der Waals surface area contributed by atoms with Crippen LogP contribution in [0.5, 0.6) is 0 Å². The zero-order chi connectivity index (χ0) is 20.5. The van der Waals surface area contributed by atoms with Crippen molar-refractivity contribution in [3.05, 3.63) is 58.1 Å². The number of hydrogen-bond donors (Lipinski definition) is 1. The molecule has 1 aliphatic rings. The lowest BCUT2D eigenvalue weighted by molar-refractivity contribution is 0.102. The third kappa shape index (κ3) is 4.42. The molecule has 5 nitrogen and oxygen atoms in total. The summed E-state index contributed by atoms with van der Waals surface area (Å²) >= 11 is 3.11. The zero-order valence-corrected chi connectivity index (χ0v) is 17.5. The van der Waals surface area contributed by atoms with Crippen LogP contribution in [0.3, 0.4) is 0 Å². The van der Waals surface area contributed by atoms with Crippen LogP contribution >= 0.6 is 15.9 Å². The van der Waals surface area contributed by atoms with Crippen LogP contribution in [-0.4, -0.2) is 31.7 Å². The Balaban J connectivity index is 1.87. The molecule has 0 radical (unpaired) electrons. The van der Waals surface area contributed by atoms with E-state index in [0.29, 0.717) is 23.5 Å². The fourth-order valence-corrected chi connectivity index (χ4v) is 4.82. The first kappa shape index (κ1) is 20.9. The van der Waals surface area contributed by atoms with Crippen LogP contribution in [0.25, 0.3) is 0 Å². The van der Waals surface area contributed by atoms with Gasteiger partial charge in [-0.2, -0.15) is 4.31 Å². The second-order valence-corrected chi connectivity index (χ2v) is 9.66. The fourth-order valence-electron chi connectivity index (χ4n) is 2.99. The van der Waals surface area contributed by atoms with E-state index in [1.54, 1.807) is 0 Å². The lowest BCUT2D eigenvalue weighted by Gasteiger charge is -2.29. The molecule has 1 fully saturated rings. The van der Waals surface area contributed by atoms with Crippen LogP contribution in [0.1, 0.15) is 30.1 Å². The Hall–Kier alpha value is -1.84. The molecule has 0 bridgehead atoms. The number of carbonyl (C=O) groups excluding carboxylic acids is 1. The van der Waals surface area contributed by atoms with Gasteiger partial charge in [-0.3, -0.25) is 4.79 Å². The number of carbonyl (C=O) groups is 1. The molecule has 3 rings (SSSR count). The molecule has 1 N–H and O–H groups in total. The lowest BCUT2D eigenvalue weighted by Crippen LogP contribution is -2.38. The molecule has 0 aliphatic carbocycles. The summed E-state index contributed by atoms with van der Waals surface area (Å²) in [6.07, 6.45) is 1.49. The number of nitrogens with zero attached hydrogens (tertiary/aromatic N) is 1. The molecule has 0 aromatic heterocycles. The monoisotopic (exact) mass is 472 g/mol. The van der Waals surface area contributed by atoms with Gasteiger partial charge in [0.2, 0.25) is 10.0 Å². The van der Waals surface area contributed by atoms with Crippen molar-refractivity contribution in [1.29, 1.82) is 0 Å². The Kier molecular flexibility index (Phi) is 6.16. The van der Waals surface area contributed by atoms with Crippen molar-refractivity contribution in [3.63, 3.8) is 0 Å². The Bertz CT molecular complexity index is 1010. The number of hydrogen-bond acceptors (Lipinski definition) is 3. The minimum Gasteiger partial charge on any atom is -0.319 e. The average molecular weight is 473 g/mol. The van der Waals surface area contributed by atoms with Crippen molar-refractivity contribution in [2.75, 3.05) is 18.4 Å². The number of sulfonamides is 1. The minimum absolute atomic E-state index is 0.133. The Morgan fingerprint density at radius 1 is 1.11 bits per heavy atom. The van der Waals surface area contributed by atoms with E-state index in [4.69, 9.17) is 0 Å². The van der Waals surface area contributed by atoms with Crippen molar-refractivity contribution in [3.8, 4) is 0 Å². The van der Waals surface area contributed by atoms with E-state index in [2.05, 4.69) is 28.2 Å². The molecule has 1 saturated heterocycles. The van der Waals surface area contributed by atoms with Crippen LogP contribution in [-0.2, 0) is 10.0 Å². The van der Waals surface area contributed by atoms with Gasteiger partial charge >= 0.3 is 0 Å². The third-order valence-electron chi connectivity index (χ3n) is 4.74. The Labute approximate surface area is 170 Å². The zero-order valence-electron chi connectivity index (χ0n) is 15.1. The largest absolute Gasteiger partial charge is 0.319 e. The van der Waals surface area contributed by atoms with Crippen molar-refractivity contribution in [1.82, 2.24) is 4.31 Å². The highest BCUT2D eigenvalue weighted by molar-refractivity contribution is 9.10. The van der Waals surface area contributed by atoms with Crippen molar-refractivity contribution >= 4 is 37.5 Å². The molecule has 150 valence electrons. The van der Waals surface area contributed by atoms with Gasteiger partial charge in [-0.15, -0.1) is 0 Å². The van der Waals surface area contributed by atoms with Crippen molar-refractivity contribution < 1.29 is 22.0 Å². The van der Waals surface area contributed by atoms with Gasteiger partial charge in [0.05, 0.1) is 16.1 Å². The summed E-state index contributed by atoms with van der Waals surface area (Å²) in [5.74, 6) is -2.07. The van der Waals surface area contributed by atoms with E-state index < -0.39 is 33.1 Å². The molecule has 0 spiro atoms. The molecule has 1 amide bonds. The maximum absolute atomic E-state index is 14.2. The molecule has 1 aliphatic heterocycles. The number of rotatable bonds is 4. The summed E-state index contributed by atoms with van der Waals surface area (Å²) in [5.41, 5.74) is -0.598. The minimum atomic E-state index is -3.84. The topological polar surface area (TPSA) is 66.5 Å². The second kappa shape index (κ2) is 8.26. The van der Waals surface area contributed by atoms with Gasteiger partial charge in [-0.05, 0) is 55.2 Å². The predicted molar refractivity (Wildman–Crippen MR) is 106 cm³/mol. The van der Waals surface area contributed by atoms with Crippen molar-refractivity contribution in [2.45, 2.75) is 24.7 Å². The molecule has 2 aromatic carbocycles.